The average Bonchev–Trinajstić information content (AvgIpc) is 2.05. The van der Waals surface area contributed by atoms with Crippen LogP contribution in [0, 0.1) is 18.3 Å². The highest BCUT2D eigenvalue weighted by Crippen LogP contribution is 2.06. The lowest BCUT2D eigenvalue weighted by molar-refractivity contribution is 0.112. The average molecular weight is 146 g/mol. The second kappa shape index (κ2) is 2.93. The number of rotatable bonds is 1. The van der Waals surface area contributed by atoms with Gasteiger partial charge in [-0.15, -0.1) is 0 Å². The van der Waals surface area contributed by atoms with Gasteiger partial charge in [-0.1, -0.05) is 0 Å². The molecular formula is C8H6N2O. The maximum Gasteiger partial charge on any atom is 0.150 e. The minimum absolute atomic E-state index is 0.314. The zero-order valence-electron chi connectivity index (χ0n) is 6.03. The van der Waals surface area contributed by atoms with E-state index in [0.717, 1.165) is 6.29 Å². The van der Waals surface area contributed by atoms with Gasteiger partial charge in [0.05, 0.1) is 0 Å². The van der Waals surface area contributed by atoms with E-state index in [2.05, 4.69) is 4.98 Å². The molecule has 0 aliphatic rings. The molecule has 0 unspecified atom stereocenters. The maximum atomic E-state index is 10.4. The van der Waals surface area contributed by atoms with Crippen molar-refractivity contribution in [1.29, 1.82) is 5.26 Å². The lowest BCUT2D eigenvalue weighted by atomic mass is 10.1. The summed E-state index contributed by atoms with van der Waals surface area (Å²) in [6.45, 7) is 1.70. The van der Waals surface area contributed by atoms with Crippen molar-refractivity contribution < 1.29 is 4.79 Å². The summed E-state index contributed by atoms with van der Waals surface area (Å²) in [5.74, 6) is 0. The van der Waals surface area contributed by atoms with Gasteiger partial charge in [-0.05, 0) is 18.6 Å². The van der Waals surface area contributed by atoms with E-state index < -0.39 is 0 Å². The highest BCUT2D eigenvalue weighted by Gasteiger charge is 2.01. The molecule has 0 fully saturated rings. The number of hydrogen-bond donors (Lipinski definition) is 0. The van der Waals surface area contributed by atoms with Crippen LogP contribution in [0.5, 0.6) is 0 Å². The van der Waals surface area contributed by atoms with Gasteiger partial charge >= 0.3 is 0 Å². The summed E-state index contributed by atoms with van der Waals surface area (Å²) in [5, 5.41) is 8.51. The molecule has 0 spiro atoms. The number of pyridine rings is 1. The maximum absolute atomic E-state index is 10.4. The van der Waals surface area contributed by atoms with Crippen molar-refractivity contribution in [3.8, 4) is 6.07 Å². The van der Waals surface area contributed by atoms with Crippen LogP contribution in [0.25, 0.3) is 0 Å². The van der Waals surface area contributed by atoms with E-state index in [4.69, 9.17) is 5.26 Å². The second-order valence-corrected chi connectivity index (χ2v) is 2.10. The topological polar surface area (TPSA) is 53.8 Å². The Morgan fingerprint density at radius 2 is 2.45 bits per heavy atom. The number of aldehydes is 1. The van der Waals surface area contributed by atoms with Crippen molar-refractivity contribution in [2.24, 2.45) is 0 Å². The van der Waals surface area contributed by atoms with Crippen LogP contribution >= 0.6 is 0 Å². The van der Waals surface area contributed by atoms with Crippen molar-refractivity contribution in [2.75, 3.05) is 0 Å². The van der Waals surface area contributed by atoms with Gasteiger partial charge in [0, 0.05) is 11.8 Å². The normalized spacial score (nSPS) is 8.73. The van der Waals surface area contributed by atoms with Crippen molar-refractivity contribution in [2.45, 2.75) is 6.92 Å². The first-order chi connectivity index (χ1) is 5.29. The Balaban J connectivity index is 3.34. The molecule has 3 nitrogen and oxygen atoms in total. The lowest BCUT2D eigenvalue weighted by Crippen LogP contribution is -1.92. The molecule has 0 N–H and O–H groups in total. The molecule has 0 amide bonds. The van der Waals surface area contributed by atoms with Crippen LogP contribution in [0.1, 0.15) is 21.6 Å². The minimum Gasteiger partial charge on any atom is -0.298 e. The number of carbonyl (C=O) groups is 1. The van der Waals surface area contributed by atoms with Crippen LogP contribution in [-0.2, 0) is 0 Å². The Morgan fingerprint density at radius 1 is 1.73 bits per heavy atom. The Hall–Kier alpha value is -1.69. The fourth-order valence-corrected chi connectivity index (χ4v) is 0.791. The van der Waals surface area contributed by atoms with E-state index >= 15 is 0 Å². The van der Waals surface area contributed by atoms with Crippen molar-refractivity contribution in [3.63, 3.8) is 0 Å². The molecule has 3 heteroatoms. The van der Waals surface area contributed by atoms with Crippen LogP contribution in [0.2, 0.25) is 0 Å². The Bertz CT molecular complexity index is 325. The molecule has 0 saturated heterocycles. The Morgan fingerprint density at radius 3 is 3.00 bits per heavy atom. The van der Waals surface area contributed by atoms with E-state index in [0.29, 0.717) is 16.8 Å². The summed E-state index contributed by atoms with van der Waals surface area (Å²) in [5.41, 5.74) is 1.48. The number of hydrogen-bond acceptors (Lipinski definition) is 3. The van der Waals surface area contributed by atoms with Gasteiger partial charge in [0.25, 0.3) is 0 Å². The zero-order chi connectivity index (χ0) is 8.27. The number of nitrogens with zero attached hydrogens (tertiary/aromatic N) is 2. The molecule has 0 atom stereocenters. The molecule has 0 saturated carbocycles. The second-order valence-electron chi connectivity index (χ2n) is 2.10. The van der Waals surface area contributed by atoms with Crippen molar-refractivity contribution in [1.82, 2.24) is 4.98 Å². The molecule has 1 aromatic heterocycles. The Kier molecular flexibility index (Phi) is 1.98. The largest absolute Gasteiger partial charge is 0.298 e. The Labute approximate surface area is 64.3 Å². The molecule has 0 radical (unpaired) electrons. The first-order valence-corrected chi connectivity index (χ1v) is 3.10. The van der Waals surface area contributed by atoms with E-state index in [1.54, 1.807) is 13.0 Å². The fraction of sp³-hybridized carbons (Fsp3) is 0.125. The highest BCUT2D eigenvalue weighted by molar-refractivity contribution is 5.77. The summed E-state index contributed by atoms with van der Waals surface area (Å²) in [7, 11) is 0. The summed E-state index contributed by atoms with van der Waals surface area (Å²) in [6, 6.07) is 3.49. The van der Waals surface area contributed by atoms with E-state index in [9.17, 15) is 4.79 Å². The van der Waals surface area contributed by atoms with Gasteiger partial charge < -0.3 is 0 Å². The molecule has 1 heterocycles. The van der Waals surface area contributed by atoms with Gasteiger partial charge in [0.1, 0.15) is 18.0 Å². The van der Waals surface area contributed by atoms with Crippen LogP contribution in [0.4, 0.5) is 0 Å². The standard InChI is InChI=1S/C8H6N2O/c1-6-7(5-11)2-3-10-8(6)4-9/h2-3,5H,1H3. The third kappa shape index (κ3) is 1.24. The van der Waals surface area contributed by atoms with Crippen LogP contribution in [0.15, 0.2) is 12.3 Å². The van der Waals surface area contributed by atoms with Gasteiger partial charge in [0.2, 0.25) is 0 Å². The lowest BCUT2D eigenvalue weighted by Gasteiger charge is -1.96. The van der Waals surface area contributed by atoms with Crippen LogP contribution < -0.4 is 0 Å². The fourth-order valence-electron chi connectivity index (χ4n) is 0.791. The first-order valence-electron chi connectivity index (χ1n) is 3.10. The monoisotopic (exact) mass is 146 g/mol. The quantitative estimate of drug-likeness (QED) is 0.557. The molecule has 0 aliphatic heterocycles. The van der Waals surface area contributed by atoms with Crippen molar-refractivity contribution in [3.05, 3.63) is 29.1 Å². The van der Waals surface area contributed by atoms with E-state index in [-0.39, 0.29) is 0 Å². The summed E-state index contributed by atoms with van der Waals surface area (Å²) >= 11 is 0. The number of aromatic nitrogens is 1. The molecule has 1 aromatic rings. The van der Waals surface area contributed by atoms with E-state index in [1.165, 1.54) is 6.20 Å². The molecule has 11 heavy (non-hydrogen) atoms. The molecule has 54 valence electrons. The van der Waals surface area contributed by atoms with Gasteiger partial charge in [-0.3, -0.25) is 4.79 Å². The van der Waals surface area contributed by atoms with E-state index in [1.807, 2.05) is 6.07 Å². The number of nitriles is 1. The summed E-state index contributed by atoms with van der Waals surface area (Å²) in [6.07, 6.45) is 2.17. The minimum atomic E-state index is 0.314. The molecule has 0 aromatic carbocycles. The summed E-state index contributed by atoms with van der Waals surface area (Å²) in [4.78, 5) is 14.1. The summed E-state index contributed by atoms with van der Waals surface area (Å²) < 4.78 is 0. The van der Waals surface area contributed by atoms with Gasteiger partial charge in [0.15, 0.2) is 0 Å². The third-order valence-electron chi connectivity index (χ3n) is 1.48. The van der Waals surface area contributed by atoms with Crippen molar-refractivity contribution >= 4 is 6.29 Å². The number of carbonyl (C=O) groups excluding carboxylic acids is 1. The van der Waals surface area contributed by atoms with Crippen LogP contribution in [0.3, 0.4) is 0 Å². The highest BCUT2D eigenvalue weighted by atomic mass is 16.1. The molecule has 0 aliphatic carbocycles. The first kappa shape index (κ1) is 7.42. The third-order valence-corrected chi connectivity index (χ3v) is 1.48. The SMILES string of the molecule is Cc1c(C=O)ccnc1C#N. The molecular weight excluding hydrogens is 140 g/mol. The smallest absolute Gasteiger partial charge is 0.150 e. The van der Waals surface area contributed by atoms with Gasteiger partial charge in [-0.2, -0.15) is 5.26 Å². The zero-order valence-corrected chi connectivity index (χ0v) is 6.03. The van der Waals surface area contributed by atoms with Gasteiger partial charge in [-0.25, -0.2) is 4.98 Å². The predicted octanol–water partition coefficient (Wildman–Crippen LogP) is 1.07. The van der Waals surface area contributed by atoms with Crippen LogP contribution in [-0.4, -0.2) is 11.3 Å². The predicted molar refractivity (Wildman–Crippen MR) is 39.1 cm³/mol. The molecule has 1 rings (SSSR count). The molecule has 0 bridgehead atoms.